The number of benzene rings is 6. The van der Waals surface area contributed by atoms with Crippen molar-refractivity contribution in [1.29, 1.82) is 0 Å². The standard InChI is InChI=1S/C32H22/c1-3-21-13-17-27-25-11-7-5-9-23(25)15-19-29(27)31(21)32-22(4-2)14-18-28-26-12-8-6-10-24(26)16-20-30(28)32/h3-20H,1-2H2. The molecule has 0 aromatic heterocycles. The number of hydrogen-bond donors (Lipinski definition) is 0. The van der Waals surface area contributed by atoms with E-state index in [-0.39, 0.29) is 0 Å². The molecule has 0 atom stereocenters. The second-order valence-electron chi connectivity index (χ2n) is 8.23. The van der Waals surface area contributed by atoms with E-state index in [0.29, 0.717) is 0 Å². The van der Waals surface area contributed by atoms with Crippen LogP contribution in [0.3, 0.4) is 0 Å². The number of fused-ring (bicyclic) bond motifs is 6. The van der Waals surface area contributed by atoms with Gasteiger partial charge in [-0.2, -0.15) is 0 Å². The number of hydrogen-bond acceptors (Lipinski definition) is 0. The third-order valence-electron chi connectivity index (χ3n) is 6.61. The molecule has 0 radical (unpaired) electrons. The fourth-order valence-electron chi connectivity index (χ4n) is 5.11. The Balaban J connectivity index is 1.84. The predicted molar refractivity (Wildman–Crippen MR) is 142 cm³/mol. The van der Waals surface area contributed by atoms with Gasteiger partial charge in [-0.3, -0.25) is 0 Å². The van der Waals surface area contributed by atoms with Gasteiger partial charge in [0.05, 0.1) is 0 Å². The van der Waals surface area contributed by atoms with Gasteiger partial charge in [-0.1, -0.05) is 122 Å². The van der Waals surface area contributed by atoms with Crippen LogP contribution in [-0.4, -0.2) is 0 Å². The average molecular weight is 407 g/mol. The van der Waals surface area contributed by atoms with Crippen LogP contribution in [0, 0.1) is 0 Å². The smallest absolute Gasteiger partial charge is 0.00206 e. The summed E-state index contributed by atoms with van der Waals surface area (Å²) in [6, 6.07) is 35.0. The maximum Gasteiger partial charge on any atom is -0.00206 e. The van der Waals surface area contributed by atoms with Gasteiger partial charge in [-0.25, -0.2) is 0 Å². The highest BCUT2D eigenvalue weighted by atomic mass is 14.2. The van der Waals surface area contributed by atoms with Crippen molar-refractivity contribution in [3.63, 3.8) is 0 Å². The predicted octanol–water partition coefficient (Wildman–Crippen LogP) is 9.25. The maximum atomic E-state index is 4.15. The van der Waals surface area contributed by atoms with E-state index in [1.807, 2.05) is 12.2 Å². The molecule has 6 aromatic rings. The third-order valence-corrected chi connectivity index (χ3v) is 6.61. The Morgan fingerprint density at radius 1 is 0.375 bits per heavy atom. The van der Waals surface area contributed by atoms with E-state index < -0.39 is 0 Å². The molecule has 0 saturated heterocycles. The summed E-state index contributed by atoms with van der Waals surface area (Å²) >= 11 is 0. The summed E-state index contributed by atoms with van der Waals surface area (Å²) in [6.45, 7) is 8.29. The molecule has 0 nitrogen and oxygen atoms in total. The quantitative estimate of drug-likeness (QED) is 0.257. The molecule has 0 saturated carbocycles. The van der Waals surface area contributed by atoms with Crippen LogP contribution in [0.15, 0.2) is 110 Å². The zero-order valence-electron chi connectivity index (χ0n) is 17.8. The van der Waals surface area contributed by atoms with Gasteiger partial charge in [0.2, 0.25) is 0 Å². The van der Waals surface area contributed by atoms with Crippen molar-refractivity contribution < 1.29 is 0 Å². The maximum absolute atomic E-state index is 4.15. The van der Waals surface area contributed by atoms with Gasteiger partial charge in [0, 0.05) is 0 Å². The molecule has 0 N–H and O–H groups in total. The molecule has 0 aliphatic carbocycles. The zero-order chi connectivity index (χ0) is 21.7. The second-order valence-corrected chi connectivity index (χ2v) is 8.23. The van der Waals surface area contributed by atoms with Crippen LogP contribution in [0.4, 0.5) is 0 Å². The van der Waals surface area contributed by atoms with E-state index in [9.17, 15) is 0 Å². The molecular weight excluding hydrogens is 384 g/mol. The summed E-state index contributed by atoms with van der Waals surface area (Å²) in [4.78, 5) is 0. The molecule has 0 fully saturated rings. The summed E-state index contributed by atoms with van der Waals surface area (Å²) in [5.41, 5.74) is 4.71. The van der Waals surface area contributed by atoms with E-state index in [1.54, 1.807) is 0 Å². The first-order valence-corrected chi connectivity index (χ1v) is 10.9. The highest BCUT2D eigenvalue weighted by Crippen LogP contribution is 2.42. The highest BCUT2D eigenvalue weighted by molar-refractivity contribution is 6.19. The lowest BCUT2D eigenvalue weighted by atomic mass is 9.85. The van der Waals surface area contributed by atoms with Gasteiger partial charge < -0.3 is 0 Å². The molecule has 6 rings (SSSR count). The zero-order valence-corrected chi connectivity index (χ0v) is 17.8. The first kappa shape index (κ1) is 18.6. The van der Waals surface area contributed by atoms with Crippen LogP contribution in [0.2, 0.25) is 0 Å². The Kier molecular flexibility index (Phi) is 4.19. The monoisotopic (exact) mass is 406 g/mol. The fraction of sp³-hybridized carbons (Fsp3) is 0. The molecule has 0 spiro atoms. The van der Waals surface area contributed by atoms with E-state index in [0.717, 1.165) is 11.1 Å². The van der Waals surface area contributed by atoms with Crippen LogP contribution in [0.1, 0.15) is 11.1 Å². The van der Waals surface area contributed by atoms with Crippen LogP contribution in [-0.2, 0) is 0 Å². The van der Waals surface area contributed by atoms with E-state index in [1.165, 1.54) is 54.2 Å². The van der Waals surface area contributed by atoms with Crippen LogP contribution in [0.25, 0.3) is 66.4 Å². The summed E-state index contributed by atoms with van der Waals surface area (Å²) in [5.74, 6) is 0. The lowest BCUT2D eigenvalue weighted by molar-refractivity contribution is 1.65. The molecule has 150 valence electrons. The van der Waals surface area contributed by atoms with Gasteiger partial charge in [-0.15, -0.1) is 0 Å². The topological polar surface area (TPSA) is 0 Å². The molecule has 0 aliphatic rings. The van der Waals surface area contributed by atoms with Crippen LogP contribution in [0.5, 0.6) is 0 Å². The van der Waals surface area contributed by atoms with Crippen molar-refractivity contribution in [2.45, 2.75) is 0 Å². The Labute approximate surface area is 187 Å². The van der Waals surface area contributed by atoms with Gasteiger partial charge in [0.15, 0.2) is 0 Å². The molecular formula is C32H22. The minimum Gasteiger partial charge on any atom is -0.0984 e. The van der Waals surface area contributed by atoms with Gasteiger partial charge >= 0.3 is 0 Å². The molecule has 0 aliphatic heterocycles. The SMILES string of the molecule is C=Cc1ccc2c(ccc3ccccc32)c1-c1c(C=C)ccc2c1ccc1ccccc12. The average Bonchev–Trinajstić information content (AvgIpc) is 2.87. The Bertz CT molecular complexity index is 1570. The molecule has 6 aromatic carbocycles. The molecule has 0 heteroatoms. The molecule has 0 unspecified atom stereocenters. The summed E-state index contributed by atoms with van der Waals surface area (Å²) in [6.07, 6.45) is 3.94. The first-order valence-electron chi connectivity index (χ1n) is 10.9. The normalized spacial score (nSPS) is 11.4. The minimum absolute atomic E-state index is 1.14. The van der Waals surface area contributed by atoms with Crippen molar-refractivity contribution in [2.75, 3.05) is 0 Å². The van der Waals surface area contributed by atoms with Crippen molar-refractivity contribution in [2.24, 2.45) is 0 Å². The lowest BCUT2D eigenvalue weighted by Gasteiger charge is -2.18. The Hall–Kier alpha value is -4.16. The second kappa shape index (κ2) is 7.21. The number of rotatable bonds is 3. The highest BCUT2D eigenvalue weighted by Gasteiger charge is 2.16. The van der Waals surface area contributed by atoms with E-state index in [2.05, 4.69) is 110 Å². The fourth-order valence-corrected chi connectivity index (χ4v) is 5.11. The molecule has 32 heavy (non-hydrogen) atoms. The van der Waals surface area contributed by atoms with Crippen molar-refractivity contribution in [3.8, 4) is 11.1 Å². The first-order chi connectivity index (χ1) is 15.8. The minimum atomic E-state index is 1.14. The third kappa shape index (κ3) is 2.63. The van der Waals surface area contributed by atoms with E-state index >= 15 is 0 Å². The molecule has 0 bridgehead atoms. The van der Waals surface area contributed by atoms with Crippen LogP contribution < -0.4 is 0 Å². The summed E-state index contributed by atoms with van der Waals surface area (Å²) < 4.78 is 0. The lowest BCUT2D eigenvalue weighted by Crippen LogP contribution is -1.93. The largest absolute Gasteiger partial charge is 0.0984 e. The van der Waals surface area contributed by atoms with Gasteiger partial charge in [0.25, 0.3) is 0 Å². The van der Waals surface area contributed by atoms with E-state index in [4.69, 9.17) is 0 Å². The van der Waals surface area contributed by atoms with Gasteiger partial charge in [-0.05, 0) is 65.3 Å². The Morgan fingerprint density at radius 2 is 0.781 bits per heavy atom. The Morgan fingerprint density at radius 3 is 1.22 bits per heavy atom. The van der Waals surface area contributed by atoms with Crippen molar-refractivity contribution in [1.82, 2.24) is 0 Å². The van der Waals surface area contributed by atoms with Gasteiger partial charge in [0.1, 0.15) is 0 Å². The van der Waals surface area contributed by atoms with Crippen molar-refractivity contribution >= 4 is 55.2 Å². The molecule has 0 heterocycles. The van der Waals surface area contributed by atoms with Crippen LogP contribution >= 0.6 is 0 Å². The van der Waals surface area contributed by atoms with Crippen molar-refractivity contribution in [3.05, 3.63) is 121 Å². The summed E-state index contributed by atoms with van der Waals surface area (Å²) in [5, 5.41) is 10.1. The summed E-state index contributed by atoms with van der Waals surface area (Å²) in [7, 11) is 0. The molecule has 0 amide bonds.